The van der Waals surface area contributed by atoms with Crippen molar-refractivity contribution >= 4 is 13.8 Å². The average Bonchev–Trinajstić information content (AvgIpc) is 2.95. The second kappa shape index (κ2) is 30.4. The molecular weight excluding hydrogens is 541 g/mol. The molecule has 0 fully saturated rings. The number of phosphoric acid groups is 1. The van der Waals surface area contributed by atoms with Gasteiger partial charge >= 0.3 is 13.8 Å². The van der Waals surface area contributed by atoms with E-state index in [2.05, 4.69) is 38.2 Å². The molecule has 0 bridgehead atoms. The van der Waals surface area contributed by atoms with E-state index >= 15 is 0 Å². The van der Waals surface area contributed by atoms with Crippen molar-refractivity contribution in [2.45, 2.75) is 142 Å². The molecule has 0 aromatic rings. The maximum absolute atomic E-state index is 12.1. The lowest BCUT2D eigenvalue weighted by molar-refractivity contribution is -0.154. The Hall–Kier alpha value is -1.02. The molecule has 0 saturated heterocycles. The van der Waals surface area contributed by atoms with Crippen LogP contribution in [0, 0.1) is 0 Å². The lowest BCUT2D eigenvalue weighted by Crippen LogP contribution is -2.28. The average molecular weight is 604 g/mol. The van der Waals surface area contributed by atoms with Crippen LogP contribution in [0.5, 0.6) is 0 Å². The molecule has 0 aromatic carbocycles. The van der Waals surface area contributed by atoms with E-state index in [1.807, 2.05) is 0 Å². The highest BCUT2D eigenvalue weighted by molar-refractivity contribution is 7.47. The molecule has 0 spiro atoms. The van der Waals surface area contributed by atoms with Crippen molar-refractivity contribution in [2.75, 3.05) is 33.0 Å². The SMILES string of the molecule is CCCCCC/C=C\C/C=C\CCCCCCCCCCOCC(COP(=O)(O)OCCN)OC(=O)CCCCC. The van der Waals surface area contributed by atoms with Crippen molar-refractivity contribution in [3.63, 3.8) is 0 Å². The number of carbonyl (C=O) groups is 1. The topological polar surface area (TPSA) is 117 Å². The number of allylic oxidation sites excluding steroid dienone is 4. The molecule has 41 heavy (non-hydrogen) atoms. The second-order valence-corrected chi connectivity index (χ2v) is 12.1. The maximum atomic E-state index is 12.1. The number of rotatable bonds is 31. The number of esters is 1. The van der Waals surface area contributed by atoms with Crippen molar-refractivity contribution < 1.29 is 32.8 Å². The summed E-state index contributed by atoms with van der Waals surface area (Å²) in [6.07, 6.45) is 29.8. The standard InChI is InChI=1S/C32H62NO7P/c1-3-5-7-8-9-10-11-12-13-14-15-16-17-18-19-20-21-22-24-27-37-29-31(40-32(34)25-23-6-4-2)30-39-41(35,36)38-28-26-33/h10-11,13-14,31H,3-9,12,15-30,33H2,1-2H3,(H,35,36)/b11-10-,14-13-. The van der Waals surface area contributed by atoms with Gasteiger partial charge in [0.25, 0.3) is 0 Å². The first-order valence-corrected chi connectivity index (χ1v) is 17.8. The lowest BCUT2D eigenvalue weighted by Gasteiger charge is -2.20. The van der Waals surface area contributed by atoms with Gasteiger partial charge < -0.3 is 20.1 Å². The van der Waals surface area contributed by atoms with E-state index < -0.39 is 13.9 Å². The van der Waals surface area contributed by atoms with Gasteiger partial charge in [0, 0.05) is 19.6 Å². The zero-order valence-electron chi connectivity index (χ0n) is 26.3. The van der Waals surface area contributed by atoms with Crippen LogP contribution < -0.4 is 5.73 Å². The minimum atomic E-state index is -4.25. The summed E-state index contributed by atoms with van der Waals surface area (Å²) in [5.74, 6) is -0.358. The predicted molar refractivity (Wildman–Crippen MR) is 169 cm³/mol. The van der Waals surface area contributed by atoms with E-state index in [4.69, 9.17) is 24.3 Å². The van der Waals surface area contributed by atoms with Crippen LogP contribution in [0.25, 0.3) is 0 Å². The molecule has 0 aromatic heterocycles. The Bertz CT molecular complexity index is 687. The summed E-state index contributed by atoms with van der Waals surface area (Å²) >= 11 is 0. The van der Waals surface area contributed by atoms with Gasteiger partial charge in [-0.05, 0) is 44.9 Å². The van der Waals surface area contributed by atoms with Crippen LogP contribution >= 0.6 is 7.82 Å². The van der Waals surface area contributed by atoms with Crippen molar-refractivity contribution in [3.05, 3.63) is 24.3 Å². The molecule has 0 rings (SSSR count). The summed E-state index contributed by atoms with van der Waals surface area (Å²) in [4.78, 5) is 21.8. The van der Waals surface area contributed by atoms with E-state index in [1.54, 1.807) is 0 Å². The Kier molecular flexibility index (Phi) is 29.7. The first-order valence-electron chi connectivity index (χ1n) is 16.3. The minimum absolute atomic E-state index is 0.0967. The maximum Gasteiger partial charge on any atom is 0.472 e. The van der Waals surface area contributed by atoms with Gasteiger partial charge in [0.15, 0.2) is 0 Å². The largest absolute Gasteiger partial charge is 0.472 e. The molecule has 0 radical (unpaired) electrons. The summed E-state index contributed by atoms with van der Waals surface area (Å²) in [5, 5.41) is 0. The highest BCUT2D eigenvalue weighted by atomic mass is 31.2. The Morgan fingerprint density at radius 2 is 1.29 bits per heavy atom. The monoisotopic (exact) mass is 603 g/mol. The fourth-order valence-electron chi connectivity index (χ4n) is 4.20. The molecular formula is C32H62NO7P. The van der Waals surface area contributed by atoms with Gasteiger partial charge in [-0.2, -0.15) is 0 Å². The van der Waals surface area contributed by atoms with Crippen LogP contribution in [0.4, 0.5) is 0 Å². The Labute approximate surface area is 251 Å². The quantitative estimate of drug-likeness (QED) is 0.0350. The van der Waals surface area contributed by atoms with Gasteiger partial charge in [-0.3, -0.25) is 13.8 Å². The van der Waals surface area contributed by atoms with Gasteiger partial charge in [-0.25, -0.2) is 4.57 Å². The summed E-state index contributed by atoms with van der Waals surface area (Å²) in [6, 6.07) is 0. The zero-order valence-corrected chi connectivity index (χ0v) is 27.2. The predicted octanol–water partition coefficient (Wildman–Crippen LogP) is 8.57. The van der Waals surface area contributed by atoms with Gasteiger partial charge in [0.05, 0.1) is 19.8 Å². The minimum Gasteiger partial charge on any atom is -0.457 e. The first kappa shape index (κ1) is 40.0. The third kappa shape index (κ3) is 30.2. The molecule has 242 valence electrons. The van der Waals surface area contributed by atoms with Crippen molar-refractivity contribution in [2.24, 2.45) is 5.73 Å². The molecule has 2 atom stereocenters. The van der Waals surface area contributed by atoms with Gasteiger partial charge in [-0.15, -0.1) is 0 Å². The van der Waals surface area contributed by atoms with Crippen molar-refractivity contribution in [3.8, 4) is 0 Å². The summed E-state index contributed by atoms with van der Waals surface area (Å²) in [7, 11) is -4.25. The highest BCUT2D eigenvalue weighted by Crippen LogP contribution is 2.43. The van der Waals surface area contributed by atoms with Crippen LogP contribution in [-0.4, -0.2) is 49.9 Å². The van der Waals surface area contributed by atoms with Crippen molar-refractivity contribution in [1.29, 1.82) is 0 Å². The first-order chi connectivity index (χ1) is 19.9. The van der Waals surface area contributed by atoms with Crippen LogP contribution in [0.15, 0.2) is 24.3 Å². The van der Waals surface area contributed by atoms with E-state index in [1.165, 1.54) is 77.0 Å². The van der Waals surface area contributed by atoms with Crippen LogP contribution in [0.1, 0.15) is 136 Å². The Morgan fingerprint density at radius 1 is 0.732 bits per heavy atom. The molecule has 0 aliphatic heterocycles. The molecule has 0 saturated carbocycles. The van der Waals surface area contributed by atoms with Crippen LogP contribution in [0.2, 0.25) is 0 Å². The molecule has 0 heterocycles. The molecule has 2 unspecified atom stereocenters. The van der Waals surface area contributed by atoms with Gasteiger partial charge in [-0.1, -0.05) is 109 Å². The summed E-state index contributed by atoms with van der Waals surface area (Å²) in [6.45, 7) is 4.70. The molecule has 0 aliphatic rings. The van der Waals surface area contributed by atoms with Crippen molar-refractivity contribution in [1.82, 2.24) is 0 Å². The third-order valence-electron chi connectivity index (χ3n) is 6.62. The van der Waals surface area contributed by atoms with Gasteiger partial charge in [0.1, 0.15) is 6.10 Å². The number of unbranched alkanes of at least 4 members (excludes halogenated alkanes) is 14. The van der Waals surface area contributed by atoms with E-state index in [-0.39, 0.29) is 32.3 Å². The fourth-order valence-corrected chi connectivity index (χ4v) is 4.97. The molecule has 9 heteroatoms. The number of ether oxygens (including phenoxy) is 2. The number of phosphoric ester groups is 1. The number of carbonyl (C=O) groups excluding carboxylic acids is 1. The molecule has 3 N–H and O–H groups in total. The Morgan fingerprint density at radius 3 is 1.90 bits per heavy atom. The smallest absolute Gasteiger partial charge is 0.457 e. The molecule has 0 aliphatic carbocycles. The number of nitrogens with two attached hydrogens (primary N) is 1. The van der Waals surface area contributed by atoms with E-state index in [9.17, 15) is 14.3 Å². The summed E-state index contributed by atoms with van der Waals surface area (Å²) < 4.78 is 32.8. The fraction of sp³-hybridized carbons (Fsp3) is 0.844. The lowest BCUT2D eigenvalue weighted by atomic mass is 10.1. The van der Waals surface area contributed by atoms with E-state index in [0.717, 1.165) is 38.5 Å². The Balaban J connectivity index is 3.86. The second-order valence-electron chi connectivity index (χ2n) is 10.7. The van der Waals surface area contributed by atoms with Gasteiger partial charge in [0.2, 0.25) is 0 Å². The van der Waals surface area contributed by atoms with Crippen LogP contribution in [-0.2, 0) is 27.9 Å². The number of hydrogen-bond donors (Lipinski definition) is 2. The zero-order chi connectivity index (χ0) is 30.3. The molecule has 0 amide bonds. The normalized spacial score (nSPS) is 14.1. The summed E-state index contributed by atoms with van der Waals surface area (Å²) in [5.41, 5.74) is 5.30. The van der Waals surface area contributed by atoms with E-state index in [0.29, 0.717) is 13.0 Å². The number of hydrogen-bond acceptors (Lipinski definition) is 7. The molecule has 8 nitrogen and oxygen atoms in total. The third-order valence-corrected chi connectivity index (χ3v) is 7.61. The highest BCUT2D eigenvalue weighted by Gasteiger charge is 2.25. The van der Waals surface area contributed by atoms with Crippen LogP contribution in [0.3, 0.4) is 0 Å².